The minimum Gasteiger partial charge on any atom is -0.351 e. The Bertz CT molecular complexity index is 879. The number of carbonyl (C=O) groups excluding carboxylic acids is 2. The van der Waals surface area contributed by atoms with Gasteiger partial charge in [-0.15, -0.1) is 5.10 Å². The van der Waals surface area contributed by atoms with E-state index >= 15 is 0 Å². The molecule has 1 atom stereocenters. The van der Waals surface area contributed by atoms with Gasteiger partial charge in [0.25, 0.3) is 5.91 Å². The molecule has 2 aliphatic rings. The fraction of sp³-hybridized carbons (Fsp3) is 0.565. The van der Waals surface area contributed by atoms with E-state index in [1.807, 2.05) is 0 Å². The van der Waals surface area contributed by atoms with Crippen LogP contribution >= 0.6 is 11.5 Å². The molecule has 166 valence electrons. The molecule has 2 amide bonds. The van der Waals surface area contributed by atoms with Gasteiger partial charge in [-0.25, -0.2) is 4.39 Å². The number of rotatable bonds is 6. The minimum atomic E-state index is -1.03. The SMILES string of the molecule is O=C(NC1CCCCC1)C(c1ccccc1F)N(C(=O)c1csnn1)C1CCCCC1. The van der Waals surface area contributed by atoms with Crippen LogP contribution < -0.4 is 5.32 Å². The third-order valence-electron chi connectivity index (χ3n) is 6.46. The van der Waals surface area contributed by atoms with Crippen molar-refractivity contribution < 1.29 is 14.0 Å². The average Bonchev–Trinajstić information content (AvgIpc) is 3.34. The lowest BCUT2D eigenvalue weighted by Crippen LogP contribution is -2.51. The first kappa shape index (κ1) is 21.9. The van der Waals surface area contributed by atoms with Gasteiger partial charge in [-0.1, -0.05) is 61.2 Å². The van der Waals surface area contributed by atoms with Crippen molar-refractivity contribution in [3.8, 4) is 0 Å². The summed E-state index contributed by atoms with van der Waals surface area (Å²) in [5.74, 6) is -1.14. The van der Waals surface area contributed by atoms with Crippen LogP contribution in [0.15, 0.2) is 29.6 Å². The topological polar surface area (TPSA) is 75.2 Å². The van der Waals surface area contributed by atoms with Crippen molar-refractivity contribution in [1.82, 2.24) is 19.8 Å². The zero-order valence-corrected chi connectivity index (χ0v) is 18.5. The summed E-state index contributed by atoms with van der Waals surface area (Å²) < 4.78 is 18.8. The van der Waals surface area contributed by atoms with Crippen molar-refractivity contribution in [2.75, 3.05) is 0 Å². The molecule has 8 heteroatoms. The molecule has 2 aromatic rings. The van der Waals surface area contributed by atoms with Crippen molar-refractivity contribution in [2.45, 2.75) is 82.3 Å². The lowest BCUT2D eigenvalue weighted by Gasteiger charge is -2.40. The van der Waals surface area contributed by atoms with Gasteiger partial charge in [0.1, 0.15) is 11.9 Å². The highest BCUT2D eigenvalue weighted by Gasteiger charge is 2.40. The predicted octanol–water partition coefficient (Wildman–Crippen LogP) is 4.64. The maximum Gasteiger partial charge on any atom is 0.276 e. The maximum absolute atomic E-state index is 15.0. The van der Waals surface area contributed by atoms with E-state index in [9.17, 15) is 14.0 Å². The quantitative estimate of drug-likeness (QED) is 0.704. The van der Waals surface area contributed by atoms with E-state index in [1.165, 1.54) is 12.5 Å². The number of amides is 2. The van der Waals surface area contributed by atoms with Crippen LogP contribution in [0.1, 0.15) is 86.3 Å². The molecule has 0 radical (unpaired) electrons. The van der Waals surface area contributed by atoms with Crippen LogP contribution in [0.5, 0.6) is 0 Å². The van der Waals surface area contributed by atoms with Gasteiger partial charge in [0.2, 0.25) is 5.91 Å². The summed E-state index contributed by atoms with van der Waals surface area (Å²) in [6.45, 7) is 0. The van der Waals surface area contributed by atoms with Crippen molar-refractivity contribution >= 4 is 23.3 Å². The summed E-state index contributed by atoms with van der Waals surface area (Å²) >= 11 is 1.10. The monoisotopic (exact) mass is 444 g/mol. The Hall–Kier alpha value is -2.35. The standard InChI is InChI=1S/C23H29FN4O2S/c24-19-14-8-7-13-18(19)21(22(29)25-16-9-3-1-4-10-16)28(17-11-5-2-6-12-17)23(30)20-15-31-27-26-20/h7-8,13-17,21H,1-6,9-12H2,(H,25,29). The third-order valence-corrected chi connectivity index (χ3v) is 6.96. The van der Waals surface area contributed by atoms with Crippen molar-refractivity contribution in [2.24, 2.45) is 0 Å². The molecule has 1 N–H and O–H groups in total. The van der Waals surface area contributed by atoms with Crippen molar-refractivity contribution in [3.05, 3.63) is 46.7 Å². The molecule has 6 nitrogen and oxygen atoms in total. The molecule has 2 fully saturated rings. The molecule has 0 bridgehead atoms. The second-order valence-corrected chi connectivity index (χ2v) is 9.17. The zero-order valence-electron chi connectivity index (χ0n) is 17.6. The molecule has 4 rings (SSSR count). The average molecular weight is 445 g/mol. The first-order valence-electron chi connectivity index (χ1n) is 11.3. The van der Waals surface area contributed by atoms with Gasteiger partial charge in [-0.2, -0.15) is 0 Å². The van der Waals surface area contributed by atoms with Gasteiger partial charge in [0, 0.05) is 23.0 Å². The number of nitrogens with zero attached hydrogens (tertiary/aromatic N) is 3. The number of hydrogen-bond donors (Lipinski definition) is 1. The Balaban J connectivity index is 1.72. The first-order chi connectivity index (χ1) is 15.1. The van der Waals surface area contributed by atoms with Gasteiger partial charge in [-0.3, -0.25) is 9.59 Å². The molecule has 1 unspecified atom stereocenters. The summed E-state index contributed by atoms with van der Waals surface area (Å²) in [6.07, 6.45) is 9.83. The number of aromatic nitrogens is 2. The predicted molar refractivity (Wildman–Crippen MR) is 117 cm³/mol. The van der Waals surface area contributed by atoms with E-state index in [0.29, 0.717) is 0 Å². The maximum atomic E-state index is 15.0. The van der Waals surface area contributed by atoms with E-state index in [-0.39, 0.29) is 35.2 Å². The summed E-state index contributed by atoms with van der Waals surface area (Å²) in [4.78, 5) is 28.8. The lowest BCUT2D eigenvalue weighted by atomic mass is 9.90. The van der Waals surface area contributed by atoms with E-state index in [2.05, 4.69) is 14.9 Å². The minimum absolute atomic E-state index is 0.0692. The van der Waals surface area contributed by atoms with Crippen LogP contribution in [0, 0.1) is 5.82 Å². The van der Waals surface area contributed by atoms with Gasteiger partial charge in [-0.05, 0) is 43.3 Å². The molecule has 1 aromatic carbocycles. The summed E-state index contributed by atoms with van der Waals surface area (Å²) in [7, 11) is 0. The molecule has 0 saturated heterocycles. The van der Waals surface area contributed by atoms with Crippen LogP contribution in [0.2, 0.25) is 0 Å². The fourth-order valence-corrected chi connectivity index (χ4v) is 5.31. The smallest absolute Gasteiger partial charge is 0.276 e. The van der Waals surface area contributed by atoms with E-state index in [4.69, 9.17) is 0 Å². The molecular formula is C23H29FN4O2S. The van der Waals surface area contributed by atoms with E-state index < -0.39 is 11.9 Å². The molecule has 2 aliphatic carbocycles. The Kier molecular flexibility index (Phi) is 7.27. The highest BCUT2D eigenvalue weighted by atomic mass is 32.1. The molecule has 31 heavy (non-hydrogen) atoms. The molecule has 0 aliphatic heterocycles. The Morgan fingerprint density at radius 3 is 2.35 bits per heavy atom. The lowest BCUT2D eigenvalue weighted by molar-refractivity contribution is -0.128. The number of halogens is 1. The van der Waals surface area contributed by atoms with Gasteiger partial charge >= 0.3 is 0 Å². The van der Waals surface area contributed by atoms with Crippen LogP contribution in [0.3, 0.4) is 0 Å². The van der Waals surface area contributed by atoms with E-state index in [0.717, 1.165) is 69.3 Å². The zero-order chi connectivity index (χ0) is 21.6. The largest absolute Gasteiger partial charge is 0.351 e. The third kappa shape index (κ3) is 5.11. The van der Waals surface area contributed by atoms with Crippen LogP contribution in [0.25, 0.3) is 0 Å². The molecule has 2 saturated carbocycles. The number of carbonyl (C=O) groups is 2. The molecule has 1 aromatic heterocycles. The number of nitrogens with one attached hydrogen (secondary N) is 1. The van der Waals surface area contributed by atoms with Gasteiger partial charge < -0.3 is 10.2 Å². The first-order valence-corrected chi connectivity index (χ1v) is 12.1. The summed E-state index contributed by atoms with van der Waals surface area (Å²) in [6, 6.07) is 5.19. The van der Waals surface area contributed by atoms with Gasteiger partial charge in [0.05, 0.1) is 0 Å². The second-order valence-electron chi connectivity index (χ2n) is 8.56. The van der Waals surface area contributed by atoms with E-state index in [1.54, 1.807) is 28.5 Å². The normalized spacial score (nSPS) is 19.0. The Morgan fingerprint density at radius 2 is 1.71 bits per heavy atom. The Morgan fingerprint density at radius 1 is 1.03 bits per heavy atom. The summed E-state index contributed by atoms with van der Waals surface area (Å²) in [5, 5.41) is 8.68. The molecule has 1 heterocycles. The van der Waals surface area contributed by atoms with Crippen molar-refractivity contribution in [1.29, 1.82) is 0 Å². The molecular weight excluding hydrogens is 415 g/mol. The number of hydrogen-bond acceptors (Lipinski definition) is 5. The summed E-state index contributed by atoms with van der Waals surface area (Å²) in [5.41, 5.74) is 0.445. The van der Waals surface area contributed by atoms with Crippen molar-refractivity contribution in [3.63, 3.8) is 0 Å². The Labute approximate surface area is 186 Å². The highest BCUT2D eigenvalue weighted by molar-refractivity contribution is 7.03. The highest BCUT2D eigenvalue weighted by Crippen LogP contribution is 2.33. The number of benzene rings is 1. The fourth-order valence-electron chi connectivity index (χ4n) is 4.88. The second kappa shape index (κ2) is 10.3. The van der Waals surface area contributed by atoms with Crippen LogP contribution in [-0.4, -0.2) is 38.4 Å². The van der Waals surface area contributed by atoms with Crippen LogP contribution in [0.4, 0.5) is 4.39 Å². The molecule has 0 spiro atoms. The van der Waals surface area contributed by atoms with Gasteiger partial charge in [0.15, 0.2) is 5.69 Å². The van der Waals surface area contributed by atoms with Crippen LogP contribution in [-0.2, 0) is 4.79 Å².